The van der Waals surface area contributed by atoms with Crippen molar-refractivity contribution in [3.05, 3.63) is 24.0 Å². The highest BCUT2D eigenvalue weighted by Gasteiger charge is 2.36. The molecule has 0 saturated heterocycles. The fourth-order valence-electron chi connectivity index (χ4n) is 3.19. The Labute approximate surface area is 135 Å². The molecule has 2 saturated carbocycles. The summed E-state index contributed by atoms with van der Waals surface area (Å²) < 4.78 is 0. The van der Waals surface area contributed by atoms with Crippen molar-refractivity contribution in [2.75, 3.05) is 10.6 Å². The lowest BCUT2D eigenvalue weighted by Crippen LogP contribution is -2.54. The van der Waals surface area contributed by atoms with Crippen LogP contribution in [0.25, 0.3) is 10.8 Å². The average molecular weight is 308 g/mol. The fraction of sp³-hybridized carbons (Fsp3) is 0.471. The zero-order valence-electron chi connectivity index (χ0n) is 13.1. The molecule has 2 fully saturated rings. The normalized spacial score (nSPS) is 26.4. The Balaban J connectivity index is 1.65. The predicted molar refractivity (Wildman–Crippen MR) is 90.1 cm³/mol. The van der Waals surface area contributed by atoms with E-state index in [4.69, 9.17) is 11.0 Å². The maximum Gasteiger partial charge on any atom is 0.143 e. The van der Waals surface area contributed by atoms with Crippen LogP contribution in [-0.2, 0) is 0 Å². The summed E-state index contributed by atoms with van der Waals surface area (Å²) in [4.78, 5) is 8.90. The van der Waals surface area contributed by atoms with Crippen LogP contribution in [0.2, 0.25) is 0 Å². The number of nitriles is 1. The second-order valence-corrected chi connectivity index (χ2v) is 7.08. The van der Waals surface area contributed by atoms with Crippen molar-refractivity contribution in [1.82, 2.24) is 9.97 Å². The Morgan fingerprint density at radius 1 is 1.26 bits per heavy atom. The number of hydrogen-bond donors (Lipinski definition) is 3. The third-order valence-corrected chi connectivity index (χ3v) is 4.52. The van der Waals surface area contributed by atoms with Gasteiger partial charge >= 0.3 is 0 Å². The first-order valence-electron chi connectivity index (χ1n) is 8.05. The van der Waals surface area contributed by atoms with Gasteiger partial charge in [-0.15, -0.1) is 0 Å². The predicted octanol–water partition coefficient (Wildman–Crippen LogP) is 2.37. The first-order chi connectivity index (χ1) is 11.0. The molecule has 4 N–H and O–H groups in total. The maximum absolute atomic E-state index is 9.15. The van der Waals surface area contributed by atoms with Crippen molar-refractivity contribution in [3.8, 4) is 6.07 Å². The molecule has 2 aromatic rings. The van der Waals surface area contributed by atoms with Crippen molar-refractivity contribution < 1.29 is 0 Å². The van der Waals surface area contributed by atoms with E-state index in [1.165, 1.54) is 0 Å². The summed E-state index contributed by atoms with van der Waals surface area (Å²) in [6.45, 7) is 2.07. The largest absolute Gasteiger partial charge is 0.367 e. The number of nitrogens with zero attached hydrogens (tertiary/aromatic N) is 3. The molecule has 6 nitrogen and oxygen atoms in total. The molecule has 0 unspecified atom stereocenters. The van der Waals surface area contributed by atoms with Crippen LogP contribution in [0.1, 0.15) is 38.3 Å². The van der Waals surface area contributed by atoms with E-state index in [0.29, 0.717) is 17.8 Å². The first-order valence-corrected chi connectivity index (χ1v) is 8.05. The Morgan fingerprint density at radius 3 is 2.70 bits per heavy atom. The van der Waals surface area contributed by atoms with E-state index in [2.05, 4.69) is 33.6 Å². The maximum atomic E-state index is 9.15. The second kappa shape index (κ2) is 5.07. The van der Waals surface area contributed by atoms with Crippen molar-refractivity contribution in [2.45, 2.75) is 50.2 Å². The standard InChI is InChI=1S/C17H20N6/c1-17(19)6-13(7-17)21-15-5-14-10(9-20-15)4-12(8-18)23-16(14)22-11-2-3-11/h4-5,9,11,13H,2-3,6-7,19H2,1H3,(H,20,21)(H,22,23). The lowest BCUT2D eigenvalue weighted by molar-refractivity contribution is 0.248. The smallest absolute Gasteiger partial charge is 0.143 e. The number of fused-ring (bicyclic) bond motifs is 1. The highest BCUT2D eigenvalue weighted by atomic mass is 15.1. The molecule has 0 aromatic carbocycles. The van der Waals surface area contributed by atoms with Gasteiger partial charge in [0.15, 0.2) is 0 Å². The highest BCUT2D eigenvalue weighted by molar-refractivity contribution is 5.93. The van der Waals surface area contributed by atoms with E-state index in [0.717, 1.165) is 48.1 Å². The third-order valence-electron chi connectivity index (χ3n) is 4.52. The van der Waals surface area contributed by atoms with Gasteiger partial charge in [-0.3, -0.25) is 0 Å². The lowest BCUT2D eigenvalue weighted by atomic mass is 9.75. The van der Waals surface area contributed by atoms with Crippen LogP contribution in [0.15, 0.2) is 18.3 Å². The van der Waals surface area contributed by atoms with Crippen molar-refractivity contribution in [3.63, 3.8) is 0 Å². The van der Waals surface area contributed by atoms with Gasteiger partial charge < -0.3 is 16.4 Å². The van der Waals surface area contributed by atoms with Gasteiger partial charge in [0.05, 0.1) is 0 Å². The Morgan fingerprint density at radius 2 is 2.04 bits per heavy atom. The van der Waals surface area contributed by atoms with E-state index in [-0.39, 0.29) is 5.54 Å². The third kappa shape index (κ3) is 2.92. The minimum Gasteiger partial charge on any atom is -0.367 e. The minimum absolute atomic E-state index is 0.0591. The number of pyridine rings is 2. The van der Waals surface area contributed by atoms with Crippen molar-refractivity contribution >= 4 is 22.4 Å². The van der Waals surface area contributed by atoms with Crippen LogP contribution in [0.5, 0.6) is 0 Å². The summed E-state index contributed by atoms with van der Waals surface area (Å²) in [5.74, 6) is 1.62. The van der Waals surface area contributed by atoms with Crippen LogP contribution in [0.3, 0.4) is 0 Å². The van der Waals surface area contributed by atoms with Gasteiger partial charge in [0, 0.05) is 34.6 Å². The first kappa shape index (κ1) is 14.2. The zero-order chi connectivity index (χ0) is 16.0. The van der Waals surface area contributed by atoms with Crippen molar-refractivity contribution in [2.24, 2.45) is 5.73 Å². The molecule has 2 aromatic heterocycles. The molecular weight excluding hydrogens is 288 g/mol. The molecule has 2 heterocycles. The molecule has 0 aliphatic heterocycles. The molecule has 6 heteroatoms. The van der Waals surface area contributed by atoms with Gasteiger partial charge in [-0.1, -0.05) is 0 Å². The van der Waals surface area contributed by atoms with E-state index < -0.39 is 0 Å². The molecule has 0 bridgehead atoms. The van der Waals surface area contributed by atoms with E-state index in [1.54, 1.807) is 12.3 Å². The van der Waals surface area contributed by atoms with Crippen LogP contribution in [0, 0.1) is 11.3 Å². The number of rotatable bonds is 4. The molecule has 2 aliphatic rings. The zero-order valence-corrected chi connectivity index (χ0v) is 13.1. The van der Waals surface area contributed by atoms with Gasteiger partial charge in [-0.2, -0.15) is 5.26 Å². The Kier molecular flexibility index (Phi) is 3.13. The molecule has 4 rings (SSSR count). The van der Waals surface area contributed by atoms with E-state index >= 15 is 0 Å². The van der Waals surface area contributed by atoms with E-state index in [1.807, 2.05) is 6.07 Å². The van der Waals surface area contributed by atoms with Crippen molar-refractivity contribution in [1.29, 1.82) is 5.26 Å². The Hall–Kier alpha value is -2.39. The summed E-state index contributed by atoms with van der Waals surface area (Å²) in [5, 5.41) is 17.9. The van der Waals surface area contributed by atoms with Gasteiger partial charge in [0.2, 0.25) is 0 Å². The average Bonchev–Trinajstić information content (AvgIpc) is 3.29. The van der Waals surface area contributed by atoms with Gasteiger partial charge in [0.25, 0.3) is 0 Å². The van der Waals surface area contributed by atoms with Crippen LogP contribution in [0.4, 0.5) is 11.6 Å². The fourth-order valence-corrected chi connectivity index (χ4v) is 3.19. The Bertz CT molecular complexity index is 795. The van der Waals surface area contributed by atoms with E-state index in [9.17, 15) is 0 Å². The van der Waals surface area contributed by atoms with Gasteiger partial charge in [-0.25, -0.2) is 9.97 Å². The van der Waals surface area contributed by atoms with Crippen LogP contribution < -0.4 is 16.4 Å². The SMILES string of the molecule is CC1(N)CC(Nc2cc3c(NC4CC4)nc(C#N)cc3cn2)C1. The number of hydrogen-bond acceptors (Lipinski definition) is 6. The number of nitrogens with one attached hydrogen (secondary N) is 2. The molecule has 0 spiro atoms. The number of nitrogens with two attached hydrogens (primary N) is 1. The molecule has 2 aliphatic carbocycles. The molecule has 23 heavy (non-hydrogen) atoms. The molecule has 0 radical (unpaired) electrons. The summed E-state index contributed by atoms with van der Waals surface area (Å²) in [6.07, 6.45) is 6.02. The van der Waals surface area contributed by atoms with Crippen LogP contribution >= 0.6 is 0 Å². The highest BCUT2D eigenvalue weighted by Crippen LogP contribution is 2.33. The molecule has 0 atom stereocenters. The summed E-state index contributed by atoms with van der Waals surface area (Å²) in [6, 6.07) is 6.77. The van der Waals surface area contributed by atoms with Crippen LogP contribution in [-0.4, -0.2) is 27.6 Å². The molecule has 0 amide bonds. The molecular formula is C17H20N6. The number of aromatic nitrogens is 2. The molecule has 118 valence electrons. The lowest BCUT2D eigenvalue weighted by Gasteiger charge is -2.42. The van der Waals surface area contributed by atoms with Gasteiger partial charge in [-0.05, 0) is 44.7 Å². The number of anilines is 2. The summed E-state index contributed by atoms with van der Waals surface area (Å²) >= 11 is 0. The quantitative estimate of drug-likeness (QED) is 0.802. The summed E-state index contributed by atoms with van der Waals surface area (Å²) in [7, 11) is 0. The van der Waals surface area contributed by atoms with Gasteiger partial charge in [0.1, 0.15) is 23.4 Å². The second-order valence-electron chi connectivity index (χ2n) is 7.08. The monoisotopic (exact) mass is 308 g/mol. The topological polar surface area (TPSA) is 99.6 Å². The minimum atomic E-state index is -0.0591. The summed E-state index contributed by atoms with van der Waals surface area (Å²) in [5.41, 5.74) is 6.42.